The second kappa shape index (κ2) is 8.92. The molecule has 1 amide bonds. The highest BCUT2D eigenvalue weighted by molar-refractivity contribution is 5.91. The van der Waals surface area contributed by atoms with E-state index in [0.29, 0.717) is 12.1 Å². The first-order valence-electron chi connectivity index (χ1n) is 6.41. The number of nitrogens with zero attached hydrogens (tertiary/aromatic N) is 2. The summed E-state index contributed by atoms with van der Waals surface area (Å²) >= 11 is 0. The van der Waals surface area contributed by atoms with E-state index >= 15 is 0 Å². The Bertz CT molecular complexity index is 584. The Labute approximate surface area is 129 Å². The summed E-state index contributed by atoms with van der Waals surface area (Å²) in [5, 5.41) is 2.78. The van der Waals surface area contributed by atoms with Gasteiger partial charge in [0.05, 0.1) is 6.33 Å². The molecular weight excluding hydrogens is 293 g/mol. The maximum absolute atomic E-state index is 12.9. The van der Waals surface area contributed by atoms with Gasteiger partial charge in [-0.05, 0) is 30.2 Å². The van der Waals surface area contributed by atoms with E-state index in [2.05, 4.69) is 10.3 Å². The van der Waals surface area contributed by atoms with Gasteiger partial charge in [0.15, 0.2) is 0 Å². The van der Waals surface area contributed by atoms with Crippen LogP contribution < -0.4 is 5.32 Å². The van der Waals surface area contributed by atoms with Crippen molar-refractivity contribution in [3.63, 3.8) is 0 Å². The number of nitrogens with one attached hydrogen (secondary N) is 1. The molecule has 1 heterocycles. The molecule has 0 unspecified atom stereocenters. The summed E-state index contributed by atoms with van der Waals surface area (Å²) in [6.45, 7) is 1.40. The van der Waals surface area contributed by atoms with Crippen LogP contribution in [0.25, 0.3) is 6.08 Å². The minimum atomic E-state index is -0.312. The fraction of sp³-hybridized carbons (Fsp3) is 0.200. The van der Waals surface area contributed by atoms with Crippen molar-refractivity contribution in [3.05, 3.63) is 60.4 Å². The van der Waals surface area contributed by atoms with E-state index in [9.17, 15) is 9.18 Å². The van der Waals surface area contributed by atoms with Gasteiger partial charge in [-0.15, -0.1) is 12.4 Å². The molecule has 0 saturated heterocycles. The highest BCUT2D eigenvalue weighted by atomic mass is 35.5. The van der Waals surface area contributed by atoms with Gasteiger partial charge in [-0.3, -0.25) is 4.79 Å². The van der Waals surface area contributed by atoms with Crippen molar-refractivity contribution in [2.75, 3.05) is 6.54 Å². The minimum absolute atomic E-state index is 0. The van der Waals surface area contributed by atoms with Crippen LogP contribution in [0.5, 0.6) is 0 Å². The van der Waals surface area contributed by atoms with Crippen LogP contribution in [0.15, 0.2) is 49.1 Å². The van der Waals surface area contributed by atoms with Crippen molar-refractivity contribution in [3.8, 4) is 0 Å². The monoisotopic (exact) mass is 309 g/mol. The summed E-state index contributed by atoms with van der Waals surface area (Å²) in [5.41, 5.74) is 0.665. The van der Waals surface area contributed by atoms with E-state index < -0.39 is 0 Å². The van der Waals surface area contributed by atoms with Crippen molar-refractivity contribution in [2.24, 2.45) is 0 Å². The first-order valence-corrected chi connectivity index (χ1v) is 6.41. The zero-order valence-electron chi connectivity index (χ0n) is 11.4. The van der Waals surface area contributed by atoms with Gasteiger partial charge < -0.3 is 9.88 Å². The van der Waals surface area contributed by atoms with Crippen molar-refractivity contribution >= 4 is 24.4 Å². The number of carbonyl (C=O) groups excluding carboxylic acids is 1. The maximum Gasteiger partial charge on any atom is 0.244 e. The number of benzene rings is 1. The largest absolute Gasteiger partial charge is 0.352 e. The molecule has 0 spiro atoms. The van der Waals surface area contributed by atoms with Crippen LogP contribution in [0, 0.1) is 5.82 Å². The molecule has 1 aromatic carbocycles. The van der Waals surface area contributed by atoms with E-state index in [1.54, 1.807) is 30.7 Å². The smallest absolute Gasteiger partial charge is 0.244 e. The summed E-state index contributed by atoms with van der Waals surface area (Å²) in [6, 6.07) is 6.10. The first-order chi connectivity index (χ1) is 9.74. The van der Waals surface area contributed by atoms with Crippen LogP contribution in [0.4, 0.5) is 4.39 Å². The highest BCUT2D eigenvalue weighted by Crippen LogP contribution is 2.04. The Hall–Kier alpha value is -2.14. The Morgan fingerprint density at radius 3 is 3.00 bits per heavy atom. The molecular formula is C15H17ClFN3O. The van der Waals surface area contributed by atoms with Gasteiger partial charge in [0, 0.05) is 31.6 Å². The van der Waals surface area contributed by atoms with Gasteiger partial charge in [-0.1, -0.05) is 12.1 Å². The Balaban J connectivity index is 0.00000220. The van der Waals surface area contributed by atoms with E-state index in [4.69, 9.17) is 0 Å². The summed E-state index contributed by atoms with van der Waals surface area (Å²) < 4.78 is 14.9. The number of hydrogen-bond donors (Lipinski definition) is 1. The van der Waals surface area contributed by atoms with Crippen LogP contribution in [0.1, 0.15) is 12.0 Å². The van der Waals surface area contributed by atoms with E-state index in [-0.39, 0.29) is 24.1 Å². The topological polar surface area (TPSA) is 46.9 Å². The zero-order valence-corrected chi connectivity index (χ0v) is 12.2. The van der Waals surface area contributed by atoms with Gasteiger partial charge in [0.25, 0.3) is 0 Å². The summed E-state index contributed by atoms with van der Waals surface area (Å²) in [7, 11) is 0. The molecule has 0 bridgehead atoms. The molecule has 4 nitrogen and oxygen atoms in total. The molecule has 0 radical (unpaired) electrons. The standard InChI is InChI=1S/C15H16FN3O.ClH/c16-14-4-1-3-13(11-14)5-6-15(20)18-7-2-9-19-10-8-17-12-19;/h1,3-6,8,10-12H,2,7,9H2,(H,18,20);1H/b6-5+;. The zero-order chi connectivity index (χ0) is 14.2. The number of halogens is 2. The predicted molar refractivity (Wildman–Crippen MR) is 82.5 cm³/mol. The molecule has 2 rings (SSSR count). The SMILES string of the molecule is Cl.O=C(/C=C/c1cccc(F)c1)NCCCn1ccnc1. The molecule has 1 N–H and O–H groups in total. The van der Waals surface area contributed by atoms with E-state index in [1.807, 2.05) is 10.8 Å². The van der Waals surface area contributed by atoms with Crippen LogP contribution >= 0.6 is 12.4 Å². The molecule has 0 saturated carbocycles. The van der Waals surface area contributed by atoms with Crippen molar-refractivity contribution in [1.82, 2.24) is 14.9 Å². The Morgan fingerprint density at radius 2 is 2.29 bits per heavy atom. The summed E-state index contributed by atoms with van der Waals surface area (Å²) in [6.07, 6.45) is 9.17. The Kier molecular flexibility index (Phi) is 7.18. The number of aryl methyl sites for hydroxylation is 1. The fourth-order valence-electron chi connectivity index (χ4n) is 1.73. The first kappa shape index (κ1) is 16.9. The van der Waals surface area contributed by atoms with Gasteiger partial charge >= 0.3 is 0 Å². The molecule has 1 aromatic heterocycles. The molecule has 112 valence electrons. The minimum Gasteiger partial charge on any atom is -0.352 e. The second-order valence-corrected chi connectivity index (χ2v) is 4.33. The highest BCUT2D eigenvalue weighted by Gasteiger charge is 1.96. The molecule has 0 aliphatic carbocycles. The molecule has 0 aliphatic rings. The van der Waals surface area contributed by atoms with Gasteiger partial charge in [0.1, 0.15) is 5.82 Å². The van der Waals surface area contributed by atoms with Crippen molar-refractivity contribution < 1.29 is 9.18 Å². The summed E-state index contributed by atoms with van der Waals surface area (Å²) in [4.78, 5) is 15.5. The number of carbonyl (C=O) groups is 1. The lowest BCUT2D eigenvalue weighted by molar-refractivity contribution is -0.116. The Morgan fingerprint density at radius 1 is 1.43 bits per heavy atom. The molecule has 0 fully saturated rings. The summed E-state index contributed by atoms with van der Waals surface area (Å²) in [5.74, 6) is -0.493. The van der Waals surface area contributed by atoms with Gasteiger partial charge in [0.2, 0.25) is 5.91 Å². The number of rotatable bonds is 6. The third kappa shape index (κ3) is 6.23. The lowest BCUT2D eigenvalue weighted by Crippen LogP contribution is -2.22. The molecule has 2 aromatic rings. The van der Waals surface area contributed by atoms with Gasteiger partial charge in [-0.25, -0.2) is 9.37 Å². The van der Waals surface area contributed by atoms with Crippen LogP contribution in [-0.4, -0.2) is 22.0 Å². The quantitative estimate of drug-likeness (QED) is 0.659. The van der Waals surface area contributed by atoms with E-state index in [0.717, 1.165) is 13.0 Å². The number of amides is 1. The fourth-order valence-corrected chi connectivity index (χ4v) is 1.73. The van der Waals surface area contributed by atoms with Crippen molar-refractivity contribution in [1.29, 1.82) is 0 Å². The van der Waals surface area contributed by atoms with Crippen LogP contribution in [0.2, 0.25) is 0 Å². The number of imidazole rings is 1. The average molecular weight is 310 g/mol. The van der Waals surface area contributed by atoms with E-state index in [1.165, 1.54) is 18.2 Å². The lowest BCUT2D eigenvalue weighted by Gasteiger charge is -2.03. The van der Waals surface area contributed by atoms with Crippen LogP contribution in [-0.2, 0) is 11.3 Å². The average Bonchev–Trinajstić information content (AvgIpc) is 2.95. The third-order valence-electron chi connectivity index (χ3n) is 2.73. The van der Waals surface area contributed by atoms with Crippen molar-refractivity contribution in [2.45, 2.75) is 13.0 Å². The predicted octanol–water partition coefficient (Wildman–Crippen LogP) is 2.66. The van der Waals surface area contributed by atoms with Crippen LogP contribution in [0.3, 0.4) is 0 Å². The normalized spacial score (nSPS) is 10.3. The molecule has 21 heavy (non-hydrogen) atoms. The third-order valence-corrected chi connectivity index (χ3v) is 2.73. The molecule has 0 aliphatic heterocycles. The number of aromatic nitrogens is 2. The number of hydrogen-bond acceptors (Lipinski definition) is 2. The maximum atomic E-state index is 12.9. The second-order valence-electron chi connectivity index (χ2n) is 4.33. The lowest BCUT2D eigenvalue weighted by atomic mass is 10.2. The molecule has 6 heteroatoms. The van der Waals surface area contributed by atoms with Gasteiger partial charge in [-0.2, -0.15) is 0 Å². The molecule has 0 atom stereocenters.